The molecular weight excluding hydrogens is 306 g/mol. The van der Waals surface area contributed by atoms with Crippen LogP contribution in [0.3, 0.4) is 0 Å². The molecule has 2 aromatic heterocycles. The molecule has 0 saturated heterocycles. The van der Waals surface area contributed by atoms with Crippen molar-refractivity contribution in [3.05, 3.63) is 66.2 Å². The molecule has 24 heavy (non-hydrogen) atoms. The molecule has 3 N–H and O–H groups in total. The number of carbonyl (C=O) groups excluding carboxylic acids is 1. The third kappa shape index (κ3) is 2.30. The van der Waals surface area contributed by atoms with Crippen LogP contribution in [0.1, 0.15) is 22.3 Å². The van der Waals surface area contributed by atoms with Crippen LogP contribution in [0.5, 0.6) is 0 Å². The van der Waals surface area contributed by atoms with Crippen LogP contribution in [-0.4, -0.2) is 26.1 Å². The number of anilines is 3. The predicted octanol–water partition coefficient (Wildman–Crippen LogP) is 1.63. The van der Waals surface area contributed by atoms with E-state index >= 15 is 0 Å². The average Bonchev–Trinajstić information content (AvgIpc) is 3.02. The lowest BCUT2D eigenvalue weighted by molar-refractivity contribution is 0.0995. The Morgan fingerprint density at radius 1 is 1.12 bits per heavy atom. The van der Waals surface area contributed by atoms with Crippen molar-refractivity contribution in [1.29, 1.82) is 0 Å². The molecule has 1 amide bonds. The van der Waals surface area contributed by atoms with E-state index in [0.717, 1.165) is 11.4 Å². The SMILES string of the molecule is NC(=O)c1ccnc(N2c3ccccc3NC2c2cccnn2)n1. The second-order valence-electron chi connectivity index (χ2n) is 5.19. The first-order valence-corrected chi connectivity index (χ1v) is 7.29. The zero-order valence-electron chi connectivity index (χ0n) is 12.5. The number of hydrogen-bond acceptors (Lipinski definition) is 7. The number of para-hydroxylation sites is 2. The Labute approximate surface area is 137 Å². The third-order valence-electron chi connectivity index (χ3n) is 3.70. The van der Waals surface area contributed by atoms with Gasteiger partial charge in [-0.05, 0) is 30.3 Å². The fraction of sp³-hybridized carbons (Fsp3) is 0.0625. The number of primary amides is 1. The number of carbonyl (C=O) groups is 1. The van der Waals surface area contributed by atoms with Crippen LogP contribution in [0.25, 0.3) is 0 Å². The Kier molecular flexibility index (Phi) is 3.27. The summed E-state index contributed by atoms with van der Waals surface area (Å²) in [6.07, 6.45) is 2.79. The maximum absolute atomic E-state index is 11.4. The molecule has 0 radical (unpaired) electrons. The fourth-order valence-corrected chi connectivity index (χ4v) is 2.65. The van der Waals surface area contributed by atoms with Gasteiger partial charge in [0.25, 0.3) is 5.91 Å². The van der Waals surface area contributed by atoms with Crippen molar-refractivity contribution < 1.29 is 4.79 Å². The summed E-state index contributed by atoms with van der Waals surface area (Å²) < 4.78 is 0. The van der Waals surface area contributed by atoms with Crippen LogP contribution in [-0.2, 0) is 0 Å². The zero-order chi connectivity index (χ0) is 16.5. The van der Waals surface area contributed by atoms with Crippen LogP contribution >= 0.6 is 0 Å². The molecule has 8 heteroatoms. The predicted molar refractivity (Wildman–Crippen MR) is 87.5 cm³/mol. The second kappa shape index (κ2) is 5.58. The van der Waals surface area contributed by atoms with Crippen LogP contribution in [0.2, 0.25) is 0 Å². The first-order valence-electron chi connectivity index (χ1n) is 7.29. The molecule has 118 valence electrons. The largest absolute Gasteiger partial charge is 0.364 e. The summed E-state index contributed by atoms with van der Waals surface area (Å²) in [6.45, 7) is 0. The number of hydrogen-bond donors (Lipinski definition) is 2. The van der Waals surface area contributed by atoms with Gasteiger partial charge < -0.3 is 11.1 Å². The fourth-order valence-electron chi connectivity index (χ4n) is 2.65. The van der Waals surface area contributed by atoms with E-state index in [9.17, 15) is 4.79 Å². The Balaban J connectivity index is 1.85. The highest BCUT2D eigenvalue weighted by molar-refractivity contribution is 5.91. The van der Waals surface area contributed by atoms with E-state index in [1.807, 2.05) is 41.3 Å². The summed E-state index contributed by atoms with van der Waals surface area (Å²) in [5.74, 6) is -0.241. The van der Waals surface area contributed by atoms with Gasteiger partial charge in [-0.15, -0.1) is 0 Å². The number of nitrogens with zero attached hydrogens (tertiary/aromatic N) is 5. The molecule has 1 unspecified atom stereocenters. The molecule has 0 spiro atoms. The first-order chi connectivity index (χ1) is 11.7. The van der Waals surface area contributed by atoms with E-state index in [-0.39, 0.29) is 11.9 Å². The van der Waals surface area contributed by atoms with Gasteiger partial charge in [-0.1, -0.05) is 12.1 Å². The molecule has 1 aliphatic heterocycles. The lowest BCUT2D eigenvalue weighted by atomic mass is 10.2. The number of benzene rings is 1. The number of fused-ring (bicyclic) bond motifs is 1. The quantitative estimate of drug-likeness (QED) is 0.755. The Morgan fingerprint density at radius 2 is 2.00 bits per heavy atom. The minimum absolute atomic E-state index is 0.155. The molecule has 8 nitrogen and oxygen atoms in total. The van der Waals surface area contributed by atoms with E-state index in [4.69, 9.17) is 5.73 Å². The second-order valence-corrected chi connectivity index (χ2v) is 5.19. The first kappa shape index (κ1) is 14.1. The topological polar surface area (TPSA) is 110 Å². The number of aromatic nitrogens is 4. The van der Waals surface area contributed by atoms with Gasteiger partial charge in [-0.25, -0.2) is 9.97 Å². The maximum atomic E-state index is 11.4. The Hall–Kier alpha value is -3.55. The minimum Gasteiger partial charge on any atom is -0.364 e. The Bertz CT molecular complexity index is 900. The molecule has 3 aromatic rings. The minimum atomic E-state index is -0.602. The van der Waals surface area contributed by atoms with Crippen LogP contribution in [0.15, 0.2) is 54.9 Å². The molecule has 0 bridgehead atoms. The highest BCUT2D eigenvalue weighted by Crippen LogP contribution is 2.43. The standard InChI is InChI=1S/C16H13N7O/c17-14(24)11-7-9-18-16(21-11)23-13-6-2-1-4-10(13)20-15(23)12-5-3-8-19-22-12/h1-9,15,20H,(H2,17,24). The van der Waals surface area contributed by atoms with E-state index in [0.29, 0.717) is 11.6 Å². The smallest absolute Gasteiger partial charge is 0.267 e. The molecular formula is C16H13N7O. The van der Waals surface area contributed by atoms with Gasteiger partial charge in [-0.2, -0.15) is 10.2 Å². The van der Waals surface area contributed by atoms with Crippen molar-refractivity contribution >= 4 is 23.2 Å². The van der Waals surface area contributed by atoms with Gasteiger partial charge in [0, 0.05) is 12.4 Å². The van der Waals surface area contributed by atoms with Gasteiger partial charge >= 0.3 is 0 Å². The Morgan fingerprint density at radius 3 is 2.79 bits per heavy atom. The van der Waals surface area contributed by atoms with Crippen LogP contribution < -0.4 is 16.0 Å². The summed E-state index contributed by atoms with van der Waals surface area (Å²) >= 11 is 0. The molecule has 3 heterocycles. The van der Waals surface area contributed by atoms with Gasteiger partial charge in [0.2, 0.25) is 5.95 Å². The lowest BCUT2D eigenvalue weighted by Gasteiger charge is -2.24. The number of amides is 1. The normalized spacial score (nSPS) is 15.7. The maximum Gasteiger partial charge on any atom is 0.267 e. The number of nitrogens with one attached hydrogen (secondary N) is 1. The van der Waals surface area contributed by atoms with E-state index in [1.54, 1.807) is 6.20 Å². The highest BCUT2D eigenvalue weighted by atomic mass is 16.1. The summed E-state index contributed by atoms with van der Waals surface area (Å²) in [7, 11) is 0. The van der Waals surface area contributed by atoms with Gasteiger partial charge in [0.1, 0.15) is 11.4 Å². The molecule has 0 saturated carbocycles. The number of nitrogens with two attached hydrogens (primary N) is 1. The van der Waals surface area contributed by atoms with Crippen molar-refractivity contribution in [2.45, 2.75) is 6.17 Å². The van der Waals surface area contributed by atoms with Gasteiger partial charge in [0.05, 0.1) is 11.4 Å². The van der Waals surface area contributed by atoms with Crippen molar-refractivity contribution in [1.82, 2.24) is 20.2 Å². The van der Waals surface area contributed by atoms with Crippen LogP contribution in [0, 0.1) is 0 Å². The summed E-state index contributed by atoms with van der Waals surface area (Å²) in [5, 5.41) is 11.5. The van der Waals surface area contributed by atoms with Gasteiger partial charge in [-0.3, -0.25) is 9.69 Å². The van der Waals surface area contributed by atoms with Crippen molar-refractivity contribution in [3.8, 4) is 0 Å². The summed E-state index contributed by atoms with van der Waals surface area (Å²) in [5.41, 5.74) is 8.00. The van der Waals surface area contributed by atoms with Gasteiger partial charge in [0.15, 0.2) is 6.17 Å². The molecule has 0 aliphatic carbocycles. The van der Waals surface area contributed by atoms with Crippen LogP contribution in [0.4, 0.5) is 17.3 Å². The molecule has 1 atom stereocenters. The summed E-state index contributed by atoms with van der Waals surface area (Å²) in [4.78, 5) is 21.9. The van der Waals surface area contributed by atoms with E-state index in [1.165, 1.54) is 12.3 Å². The third-order valence-corrected chi connectivity index (χ3v) is 3.70. The van der Waals surface area contributed by atoms with Crippen molar-refractivity contribution in [3.63, 3.8) is 0 Å². The number of rotatable bonds is 3. The monoisotopic (exact) mass is 319 g/mol. The highest BCUT2D eigenvalue weighted by Gasteiger charge is 2.34. The van der Waals surface area contributed by atoms with E-state index in [2.05, 4.69) is 25.5 Å². The molecule has 1 aromatic carbocycles. The average molecular weight is 319 g/mol. The molecule has 4 rings (SSSR count). The lowest BCUT2D eigenvalue weighted by Crippen LogP contribution is -2.27. The van der Waals surface area contributed by atoms with Crippen molar-refractivity contribution in [2.75, 3.05) is 10.2 Å². The molecule has 0 fully saturated rings. The summed E-state index contributed by atoms with van der Waals surface area (Å²) in [6, 6.07) is 12.9. The zero-order valence-corrected chi connectivity index (χ0v) is 12.5. The van der Waals surface area contributed by atoms with E-state index < -0.39 is 5.91 Å². The van der Waals surface area contributed by atoms with Crippen molar-refractivity contribution in [2.24, 2.45) is 5.73 Å². The molecule has 1 aliphatic rings.